The molecule has 30 heavy (non-hydrogen) atoms. The molecule has 0 spiro atoms. The second-order valence-corrected chi connectivity index (χ2v) is 7.19. The van der Waals surface area contributed by atoms with Crippen LogP contribution in [0.3, 0.4) is 0 Å². The number of ether oxygens (including phenoxy) is 1. The summed E-state index contributed by atoms with van der Waals surface area (Å²) in [5.74, 6) is 1.27. The molecular formula is C27H26O3. The quantitative estimate of drug-likeness (QED) is 0.257. The summed E-state index contributed by atoms with van der Waals surface area (Å²) in [6, 6.07) is 29.7. The Morgan fingerprint density at radius 2 is 1.30 bits per heavy atom. The van der Waals surface area contributed by atoms with Crippen LogP contribution in [-0.4, -0.2) is 17.8 Å². The van der Waals surface area contributed by atoms with Crippen molar-refractivity contribution >= 4 is 11.7 Å². The SMILES string of the molecule is CCCCC(OC(c1ccccc1)(c1ccccc1)c1ccccc1)C(=O)C=C=O. The highest BCUT2D eigenvalue weighted by Crippen LogP contribution is 2.42. The number of carbonyl (C=O) groups is 1. The fourth-order valence-electron chi connectivity index (χ4n) is 3.74. The van der Waals surface area contributed by atoms with E-state index in [1.54, 1.807) is 5.94 Å². The summed E-state index contributed by atoms with van der Waals surface area (Å²) in [6.45, 7) is 2.07. The Kier molecular flexibility index (Phi) is 7.51. The summed E-state index contributed by atoms with van der Waals surface area (Å²) in [7, 11) is 0. The lowest BCUT2D eigenvalue weighted by molar-refractivity contribution is -0.134. The van der Waals surface area contributed by atoms with E-state index in [0.717, 1.165) is 35.6 Å². The van der Waals surface area contributed by atoms with Gasteiger partial charge in [-0.15, -0.1) is 0 Å². The largest absolute Gasteiger partial charge is 0.349 e. The second-order valence-electron chi connectivity index (χ2n) is 7.19. The Morgan fingerprint density at radius 3 is 1.67 bits per heavy atom. The van der Waals surface area contributed by atoms with Crippen LogP contribution in [0.25, 0.3) is 0 Å². The Balaban J connectivity index is 2.24. The molecule has 1 unspecified atom stereocenters. The van der Waals surface area contributed by atoms with Crippen molar-refractivity contribution < 1.29 is 14.3 Å². The zero-order chi connectivity index (χ0) is 21.2. The van der Waals surface area contributed by atoms with E-state index < -0.39 is 11.7 Å². The Hall–Kier alpha value is -3.26. The topological polar surface area (TPSA) is 43.4 Å². The van der Waals surface area contributed by atoms with E-state index in [2.05, 4.69) is 6.92 Å². The van der Waals surface area contributed by atoms with Crippen LogP contribution in [0.5, 0.6) is 0 Å². The molecule has 0 aliphatic carbocycles. The van der Waals surface area contributed by atoms with Gasteiger partial charge in [0.2, 0.25) is 0 Å². The first-order valence-corrected chi connectivity index (χ1v) is 10.3. The maximum atomic E-state index is 12.8. The molecule has 3 aromatic rings. The van der Waals surface area contributed by atoms with Crippen LogP contribution in [-0.2, 0) is 19.9 Å². The molecule has 3 nitrogen and oxygen atoms in total. The fourth-order valence-corrected chi connectivity index (χ4v) is 3.74. The molecule has 3 heteroatoms. The van der Waals surface area contributed by atoms with Gasteiger partial charge in [-0.1, -0.05) is 111 Å². The molecule has 0 saturated heterocycles. The van der Waals surface area contributed by atoms with E-state index in [0.29, 0.717) is 6.42 Å². The Morgan fingerprint density at radius 1 is 0.867 bits per heavy atom. The smallest absolute Gasteiger partial charge is 0.195 e. The van der Waals surface area contributed by atoms with Crippen molar-refractivity contribution in [1.29, 1.82) is 0 Å². The minimum atomic E-state index is -0.991. The monoisotopic (exact) mass is 398 g/mol. The van der Waals surface area contributed by atoms with Crippen molar-refractivity contribution in [2.75, 3.05) is 0 Å². The summed E-state index contributed by atoms with van der Waals surface area (Å²) in [6.07, 6.45) is 2.46. The summed E-state index contributed by atoms with van der Waals surface area (Å²) < 4.78 is 6.75. The number of hydrogen-bond acceptors (Lipinski definition) is 3. The van der Waals surface area contributed by atoms with Gasteiger partial charge >= 0.3 is 0 Å². The normalized spacial score (nSPS) is 12.0. The van der Waals surface area contributed by atoms with E-state index in [-0.39, 0.29) is 5.78 Å². The van der Waals surface area contributed by atoms with Gasteiger partial charge in [0, 0.05) is 0 Å². The van der Waals surface area contributed by atoms with Crippen LogP contribution in [0.1, 0.15) is 42.9 Å². The van der Waals surface area contributed by atoms with E-state index in [1.165, 1.54) is 0 Å². The molecule has 0 heterocycles. The zero-order valence-corrected chi connectivity index (χ0v) is 17.2. The van der Waals surface area contributed by atoms with Crippen LogP contribution in [0, 0.1) is 0 Å². The van der Waals surface area contributed by atoms with Crippen molar-refractivity contribution in [2.45, 2.75) is 37.9 Å². The molecular weight excluding hydrogens is 372 g/mol. The Labute approximate surface area is 178 Å². The summed E-state index contributed by atoms with van der Waals surface area (Å²) in [5, 5.41) is 0. The third-order valence-corrected chi connectivity index (χ3v) is 5.20. The molecule has 0 aliphatic rings. The minimum absolute atomic E-state index is 0.356. The van der Waals surface area contributed by atoms with Gasteiger partial charge in [-0.3, -0.25) is 4.79 Å². The standard InChI is InChI=1S/C27H26O3/c1-2-3-19-26(25(29)20-21-28)30-27(22-13-7-4-8-14-22,23-15-9-5-10-16-23)24-17-11-6-12-18-24/h4-18,20,26H,2-3,19H2,1H3. The number of hydrogen-bond donors (Lipinski definition) is 0. The molecule has 0 saturated carbocycles. The van der Waals surface area contributed by atoms with Gasteiger partial charge < -0.3 is 4.74 Å². The van der Waals surface area contributed by atoms with E-state index >= 15 is 0 Å². The fraction of sp³-hybridized carbons (Fsp3) is 0.222. The second kappa shape index (κ2) is 10.5. The molecule has 0 aliphatic heterocycles. The predicted molar refractivity (Wildman–Crippen MR) is 119 cm³/mol. The number of carbonyl (C=O) groups excluding carboxylic acids is 2. The highest BCUT2D eigenvalue weighted by atomic mass is 16.5. The van der Waals surface area contributed by atoms with Crippen LogP contribution in [0.2, 0.25) is 0 Å². The third kappa shape index (κ3) is 4.65. The van der Waals surface area contributed by atoms with Crippen molar-refractivity contribution in [1.82, 2.24) is 0 Å². The maximum absolute atomic E-state index is 12.8. The van der Waals surface area contributed by atoms with Gasteiger partial charge in [0.25, 0.3) is 0 Å². The predicted octanol–water partition coefficient (Wildman–Crippen LogP) is 5.51. The number of unbranched alkanes of at least 4 members (excludes halogenated alkanes) is 1. The van der Waals surface area contributed by atoms with Gasteiger partial charge in [-0.05, 0) is 23.1 Å². The summed E-state index contributed by atoms with van der Waals surface area (Å²) in [5.41, 5.74) is 1.78. The first kappa shape index (κ1) is 21.4. The van der Waals surface area contributed by atoms with Crippen molar-refractivity contribution in [2.24, 2.45) is 0 Å². The molecule has 0 bridgehead atoms. The van der Waals surface area contributed by atoms with Gasteiger partial charge in [0.15, 0.2) is 5.78 Å². The van der Waals surface area contributed by atoms with Gasteiger partial charge in [0.1, 0.15) is 17.6 Å². The van der Waals surface area contributed by atoms with Crippen LogP contribution in [0.4, 0.5) is 0 Å². The first-order valence-electron chi connectivity index (χ1n) is 10.3. The molecule has 0 radical (unpaired) electrons. The van der Waals surface area contributed by atoms with Gasteiger partial charge in [-0.25, -0.2) is 4.79 Å². The lowest BCUT2D eigenvalue weighted by atomic mass is 9.79. The highest BCUT2D eigenvalue weighted by Gasteiger charge is 2.40. The molecule has 0 amide bonds. The van der Waals surface area contributed by atoms with Crippen molar-refractivity contribution in [3.8, 4) is 0 Å². The molecule has 3 rings (SSSR count). The molecule has 0 fully saturated rings. The number of ketones is 1. The van der Waals surface area contributed by atoms with Gasteiger partial charge in [0.05, 0.1) is 6.08 Å². The highest BCUT2D eigenvalue weighted by molar-refractivity contribution is 5.99. The molecule has 0 N–H and O–H groups in total. The lowest BCUT2D eigenvalue weighted by Crippen LogP contribution is -2.39. The van der Waals surface area contributed by atoms with Crippen molar-refractivity contribution in [3.63, 3.8) is 0 Å². The average molecular weight is 399 g/mol. The van der Waals surface area contributed by atoms with E-state index in [1.807, 2.05) is 91.0 Å². The lowest BCUT2D eigenvalue weighted by Gasteiger charge is -2.38. The molecule has 3 aromatic carbocycles. The molecule has 0 aromatic heterocycles. The van der Waals surface area contributed by atoms with E-state index in [9.17, 15) is 9.59 Å². The summed E-state index contributed by atoms with van der Waals surface area (Å²) in [4.78, 5) is 23.7. The summed E-state index contributed by atoms with van der Waals surface area (Å²) >= 11 is 0. The minimum Gasteiger partial charge on any atom is -0.349 e. The maximum Gasteiger partial charge on any atom is 0.195 e. The Bertz CT molecular complexity index is 878. The molecule has 152 valence electrons. The number of rotatable bonds is 10. The van der Waals surface area contributed by atoms with Crippen LogP contribution >= 0.6 is 0 Å². The van der Waals surface area contributed by atoms with Gasteiger partial charge in [-0.2, -0.15) is 0 Å². The zero-order valence-electron chi connectivity index (χ0n) is 17.2. The third-order valence-electron chi connectivity index (χ3n) is 5.20. The van der Waals surface area contributed by atoms with Crippen LogP contribution < -0.4 is 0 Å². The average Bonchev–Trinajstić information content (AvgIpc) is 2.81. The van der Waals surface area contributed by atoms with E-state index in [4.69, 9.17) is 4.74 Å². The molecule has 1 atom stereocenters. The number of benzene rings is 3. The van der Waals surface area contributed by atoms with Crippen LogP contribution in [0.15, 0.2) is 97.1 Å². The van der Waals surface area contributed by atoms with Crippen molar-refractivity contribution in [3.05, 3.63) is 114 Å². The first-order chi connectivity index (χ1) is 14.7.